The highest BCUT2D eigenvalue weighted by molar-refractivity contribution is 6.32. The number of carbonyl (C=O) groups excluding carboxylic acids is 1. The Kier molecular flexibility index (Phi) is 5.17. The highest BCUT2D eigenvalue weighted by Gasteiger charge is 2.13. The molecule has 1 aromatic carbocycles. The minimum absolute atomic E-state index is 0.0365. The van der Waals surface area contributed by atoms with Crippen molar-refractivity contribution in [2.75, 3.05) is 14.2 Å². The van der Waals surface area contributed by atoms with Crippen molar-refractivity contribution in [2.45, 2.75) is 0 Å². The predicted octanol–water partition coefficient (Wildman–Crippen LogP) is 3.31. The molecule has 0 N–H and O–H groups in total. The molecule has 0 radical (unpaired) electrons. The van der Waals surface area contributed by atoms with Crippen LogP contribution in [0.1, 0.15) is 5.56 Å². The molecule has 0 bridgehead atoms. The lowest BCUT2D eigenvalue weighted by Crippen LogP contribution is -2.02. The van der Waals surface area contributed by atoms with Crippen LogP contribution in [0.15, 0.2) is 22.9 Å². The Labute approximate surface area is 113 Å². The zero-order valence-corrected chi connectivity index (χ0v) is 10.8. The van der Waals surface area contributed by atoms with Crippen LogP contribution in [0.3, 0.4) is 0 Å². The van der Waals surface area contributed by atoms with Crippen molar-refractivity contribution in [3.05, 3.63) is 44.7 Å². The van der Waals surface area contributed by atoms with E-state index in [2.05, 4.69) is 14.8 Å². The van der Waals surface area contributed by atoms with Crippen molar-refractivity contribution in [2.24, 2.45) is 5.11 Å². The maximum atomic E-state index is 13.7. The van der Waals surface area contributed by atoms with Gasteiger partial charge in [-0.1, -0.05) is 16.7 Å². The summed E-state index contributed by atoms with van der Waals surface area (Å²) in [6, 6.07) is 2.75. The molecule has 1 aromatic rings. The van der Waals surface area contributed by atoms with Crippen molar-refractivity contribution in [3.8, 4) is 5.75 Å². The van der Waals surface area contributed by atoms with Crippen LogP contribution < -0.4 is 4.74 Å². The number of rotatable bonds is 4. The molecule has 0 saturated heterocycles. The highest BCUT2D eigenvalue weighted by Crippen LogP contribution is 2.29. The lowest BCUT2D eigenvalue weighted by molar-refractivity contribution is -0.136. The van der Waals surface area contributed by atoms with Gasteiger partial charge in [0.25, 0.3) is 0 Å². The maximum Gasteiger partial charge on any atom is 0.340 e. The topological polar surface area (TPSA) is 84.3 Å². The first-order valence-corrected chi connectivity index (χ1v) is 5.30. The van der Waals surface area contributed by atoms with Gasteiger partial charge in [-0.2, -0.15) is 0 Å². The second-order valence-electron chi connectivity index (χ2n) is 3.20. The van der Waals surface area contributed by atoms with Gasteiger partial charge in [-0.25, -0.2) is 9.18 Å². The Balaban J connectivity index is 3.33. The third-order valence-corrected chi connectivity index (χ3v) is 2.52. The van der Waals surface area contributed by atoms with Gasteiger partial charge in [-0.05, 0) is 29.3 Å². The molecule has 0 fully saturated rings. The smallest absolute Gasteiger partial charge is 0.340 e. The van der Waals surface area contributed by atoms with Crippen molar-refractivity contribution in [1.82, 2.24) is 0 Å². The number of nitrogens with zero attached hydrogens (tertiary/aromatic N) is 3. The van der Waals surface area contributed by atoms with Crippen LogP contribution in [-0.2, 0) is 9.53 Å². The lowest BCUT2D eigenvalue weighted by atomic mass is 10.1. The number of azide groups is 1. The van der Waals surface area contributed by atoms with Crippen molar-refractivity contribution in [3.63, 3.8) is 0 Å². The summed E-state index contributed by atoms with van der Waals surface area (Å²) >= 11 is 5.78. The summed E-state index contributed by atoms with van der Waals surface area (Å²) < 4.78 is 22.8. The van der Waals surface area contributed by atoms with E-state index in [0.717, 1.165) is 13.2 Å². The van der Waals surface area contributed by atoms with Crippen LogP contribution in [0.25, 0.3) is 16.5 Å². The van der Waals surface area contributed by atoms with E-state index in [9.17, 15) is 9.18 Å². The molecule has 100 valence electrons. The van der Waals surface area contributed by atoms with E-state index in [1.54, 1.807) is 0 Å². The molecule has 0 heterocycles. The second-order valence-corrected chi connectivity index (χ2v) is 3.57. The molecule has 0 atom stereocenters. The van der Waals surface area contributed by atoms with E-state index in [1.807, 2.05) is 0 Å². The van der Waals surface area contributed by atoms with E-state index >= 15 is 0 Å². The zero-order chi connectivity index (χ0) is 14.4. The summed E-state index contributed by atoms with van der Waals surface area (Å²) in [5, 5.41) is 2.90. The van der Waals surface area contributed by atoms with Crippen LogP contribution in [0.5, 0.6) is 5.75 Å². The number of ether oxygens (including phenoxy) is 2. The van der Waals surface area contributed by atoms with Crippen LogP contribution in [0.4, 0.5) is 4.39 Å². The van der Waals surface area contributed by atoms with E-state index in [1.165, 1.54) is 19.2 Å². The minimum atomic E-state index is -0.856. The van der Waals surface area contributed by atoms with E-state index < -0.39 is 11.8 Å². The third-order valence-electron chi connectivity index (χ3n) is 2.14. The van der Waals surface area contributed by atoms with Crippen LogP contribution >= 0.6 is 11.6 Å². The first-order valence-electron chi connectivity index (χ1n) is 4.92. The molecule has 0 aliphatic heterocycles. The van der Waals surface area contributed by atoms with Crippen LogP contribution in [-0.4, -0.2) is 20.2 Å². The molecule has 0 spiro atoms. The fraction of sp³-hybridized carbons (Fsp3) is 0.182. The fourth-order valence-corrected chi connectivity index (χ4v) is 1.46. The average molecular weight is 286 g/mol. The molecule has 19 heavy (non-hydrogen) atoms. The van der Waals surface area contributed by atoms with Gasteiger partial charge in [0.15, 0.2) is 11.6 Å². The van der Waals surface area contributed by atoms with Crippen molar-refractivity contribution >= 4 is 23.6 Å². The molecule has 0 aliphatic rings. The summed E-state index contributed by atoms with van der Waals surface area (Å²) in [5.74, 6) is -1.67. The molecule has 6 nitrogen and oxygen atoms in total. The lowest BCUT2D eigenvalue weighted by Gasteiger charge is -2.06. The summed E-state index contributed by atoms with van der Waals surface area (Å²) in [4.78, 5) is 13.8. The number of methoxy groups -OCH3 is 2. The molecule has 0 amide bonds. The molecule has 0 saturated carbocycles. The number of esters is 1. The Morgan fingerprint density at radius 3 is 2.74 bits per heavy atom. The Bertz CT molecular complexity index is 583. The van der Waals surface area contributed by atoms with Crippen LogP contribution in [0.2, 0.25) is 5.02 Å². The average Bonchev–Trinajstić information content (AvgIpc) is 2.42. The largest absolute Gasteiger partial charge is 0.494 e. The van der Waals surface area contributed by atoms with Gasteiger partial charge in [0.05, 0.1) is 19.2 Å². The van der Waals surface area contributed by atoms with Gasteiger partial charge in [0.1, 0.15) is 5.70 Å². The standard InChI is InChI=1S/C11H9ClFN3O3/c1-18-8-4-3-6(9(12)10(8)13)5-7(15-16-14)11(17)19-2/h3-5H,1-2H3/b7-5+. The summed E-state index contributed by atoms with van der Waals surface area (Å²) in [7, 11) is 2.42. The number of carbonyl (C=O) groups is 1. The summed E-state index contributed by atoms with van der Waals surface area (Å²) in [6.07, 6.45) is 1.12. The maximum absolute atomic E-state index is 13.7. The number of halogens is 2. The molecular weight excluding hydrogens is 277 g/mol. The fourth-order valence-electron chi connectivity index (χ4n) is 1.24. The van der Waals surface area contributed by atoms with Gasteiger partial charge in [0.2, 0.25) is 0 Å². The molecular formula is C11H9ClFN3O3. The quantitative estimate of drug-likeness (QED) is 0.280. The minimum Gasteiger partial charge on any atom is -0.494 e. The monoisotopic (exact) mass is 285 g/mol. The van der Waals surface area contributed by atoms with E-state index in [0.29, 0.717) is 0 Å². The predicted molar refractivity (Wildman–Crippen MR) is 67.1 cm³/mol. The number of hydrogen-bond acceptors (Lipinski definition) is 4. The van der Waals surface area contributed by atoms with Crippen molar-refractivity contribution < 1.29 is 18.7 Å². The van der Waals surface area contributed by atoms with Gasteiger partial charge >= 0.3 is 5.97 Å². The Morgan fingerprint density at radius 2 is 2.21 bits per heavy atom. The van der Waals surface area contributed by atoms with Gasteiger partial charge in [-0.3, -0.25) is 0 Å². The summed E-state index contributed by atoms with van der Waals surface area (Å²) in [6.45, 7) is 0. The zero-order valence-electron chi connectivity index (χ0n) is 10.1. The van der Waals surface area contributed by atoms with Gasteiger partial charge < -0.3 is 9.47 Å². The first-order chi connectivity index (χ1) is 9.04. The highest BCUT2D eigenvalue weighted by atomic mass is 35.5. The summed E-state index contributed by atoms with van der Waals surface area (Å²) in [5.41, 5.74) is 8.17. The van der Waals surface area contributed by atoms with E-state index in [-0.39, 0.29) is 22.0 Å². The van der Waals surface area contributed by atoms with E-state index in [4.69, 9.17) is 21.9 Å². The van der Waals surface area contributed by atoms with Gasteiger partial charge in [-0.15, -0.1) is 0 Å². The van der Waals surface area contributed by atoms with Crippen LogP contribution in [0, 0.1) is 5.82 Å². The molecule has 0 aromatic heterocycles. The second kappa shape index (κ2) is 6.63. The Hall–Kier alpha value is -2.24. The first kappa shape index (κ1) is 14.8. The number of benzene rings is 1. The third kappa shape index (κ3) is 3.37. The number of hydrogen-bond donors (Lipinski definition) is 0. The normalized spacial score (nSPS) is 10.6. The van der Waals surface area contributed by atoms with Crippen molar-refractivity contribution in [1.29, 1.82) is 0 Å². The molecule has 0 unspecified atom stereocenters. The molecule has 8 heteroatoms. The SMILES string of the molecule is COC(=O)/C(=C\c1ccc(OC)c(F)c1Cl)N=[N+]=[N-]. The van der Waals surface area contributed by atoms with Gasteiger partial charge in [0, 0.05) is 4.91 Å². The molecule has 1 rings (SSSR count). The Morgan fingerprint density at radius 1 is 1.53 bits per heavy atom. The molecule has 0 aliphatic carbocycles.